The normalized spacial score (nSPS) is 13.8. The molecular formula is C29H42N2O5S. The third-order valence-corrected chi connectivity index (χ3v) is 8.15. The first-order valence-corrected chi connectivity index (χ1v) is 14.1. The van der Waals surface area contributed by atoms with Gasteiger partial charge in [-0.3, -0.25) is 9.59 Å². The summed E-state index contributed by atoms with van der Waals surface area (Å²) in [6.07, 6.45) is 6.61. The molecule has 0 unspecified atom stereocenters. The molecule has 37 heavy (non-hydrogen) atoms. The molecule has 8 heteroatoms. The number of methoxy groups -OCH3 is 3. The molecule has 7 nitrogen and oxygen atoms in total. The van der Waals surface area contributed by atoms with E-state index >= 15 is 0 Å². The molecule has 0 aliphatic heterocycles. The Hall–Kier alpha value is -2.58. The molecule has 1 aromatic carbocycles. The van der Waals surface area contributed by atoms with Gasteiger partial charge in [0.15, 0.2) is 11.5 Å². The van der Waals surface area contributed by atoms with Crippen molar-refractivity contribution in [3.8, 4) is 11.5 Å². The number of rotatable bonds is 14. The van der Waals surface area contributed by atoms with Crippen LogP contribution in [0.2, 0.25) is 0 Å². The van der Waals surface area contributed by atoms with Crippen molar-refractivity contribution < 1.29 is 23.8 Å². The number of hydrogen-bond acceptors (Lipinski definition) is 6. The molecule has 1 heterocycles. The van der Waals surface area contributed by atoms with Gasteiger partial charge < -0.3 is 24.0 Å². The van der Waals surface area contributed by atoms with Crippen molar-refractivity contribution in [1.29, 1.82) is 0 Å². The lowest BCUT2D eigenvalue weighted by atomic mass is 9.88. The van der Waals surface area contributed by atoms with Crippen LogP contribution in [0.4, 0.5) is 0 Å². The van der Waals surface area contributed by atoms with E-state index in [2.05, 4.69) is 18.4 Å². The molecule has 1 aliphatic rings. The van der Waals surface area contributed by atoms with Crippen molar-refractivity contribution in [2.75, 3.05) is 47.6 Å². The van der Waals surface area contributed by atoms with Crippen LogP contribution in [-0.2, 0) is 27.3 Å². The number of amides is 2. The lowest BCUT2D eigenvalue weighted by molar-refractivity contribution is -0.144. The minimum Gasteiger partial charge on any atom is -0.493 e. The van der Waals surface area contributed by atoms with Gasteiger partial charge in [-0.15, -0.1) is 11.3 Å². The Bertz CT molecular complexity index is 1000. The van der Waals surface area contributed by atoms with Gasteiger partial charge in [-0.05, 0) is 67.3 Å². The first-order valence-electron chi connectivity index (χ1n) is 13.3. The quantitative estimate of drug-likeness (QED) is 0.318. The Morgan fingerprint density at radius 3 is 2.38 bits per heavy atom. The van der Waals surface area contributed by atoms with E-state index in [1.54, 1.807) is 37.6 Å². The maximum absolute atomic E-state index is 13.7. The van der Waals surface area contributed by atoms with E-state index in [1.807, 2.05) is 23.1 Å². The average molecular weight is 531 g/mol. The molecule has 0 bridgehead atoms. The Morgan fingerprint density at radius 1 is 0.973 bits per heavy atom. The van der Waals surface area contributed by atoms with Crippen molar-refractivity contribution in [1.82, 2.24) is 9.80 Å². The molecule has 0 spiro atoms. The summed E-state index contributed by atoms with van der Waals surface area (Å²) in [5.74, 6) is 1.49. The summed E-state index contributed by atoms with van der Waals surface area (Å²) < 4.78 is 16.0. The Kier molecular flexibility index (Phi) is 11.7. The summed E-state index contributed by atoms with van der Waals surface area (Å²) in [6.45, 7) is 4.38. The van der Waals surface area contributed by atoms with E-state index in [9.17, 15) is 9.59 Å². The fourth-order valence-electron chi connectivity index (χ4n) is 4.87. The maximum Gasteiger partial charge on any atom is 0.242 e. The maximum atomic E-state index is 13.7. The van der Waals surface area contributed by atoms with Crippen LogP contribution in [0.15, 0.2) is 29.6 Å². The van der Waals surface area contributed by atoms with Crippen LogP contribution in [0.3, 0.4) is 0 Å². The lowest BCUT2D eigenvalue weighted by Crippen LogP contribution is -2.46. The molecule has 0 radical (unpaired) electrons. The third-order valence-electron chi connectivity index (χ3n) is 7.14. The predicted molar refractivity (Wildman–Crippen MR) is 147 cm³/mol. The highest BCUT2D eigenvalue weighted by Gasteiger charge is 2.28. The summed E-state index contributed by atoms with van der Waals surface area (Å²) in [5, 5.41) is 2.06. The van der Waals surface area contributed by atoms with Gasteiger partial charge in [0.05, 0.1) is 27.3 Å². The Morgan fingerprint density at radius 2 is 1.73 bits per heavy atom. The fourth-order valence-corrected chi connectivity index (χ4v) is 5.79. The topological polar surface area (TPSA) is 68.3 Å². The van der Waals surface area contributed by atoms with Crippen molar-refractivity contribution in [3.05, 3.63) is 45.6 Å². The summed E-state index contributed by atoms with van der Waals surface area (Å²) in [4.78, 5) is 32.0. The van der Waals surface area contributed by atoms with Crippen molar-refractivity contribution in [2.24, 2.45) is 5.92 Å². The van der Waals surface area contributed by atoms with Crippen LogP contribution in [0, 0.1) is 12.8 Å². The second kappa shape index (κ2) is 15.0. The van der Waals surface area contributed by atoms with Gasteiger partial charge in [-0.1, -0.05) is 25.3 Å². The fraction of sp³-hybridized carbons (Fsp3) is 0.586. The van der Waals surface area contributed by atoms with Crippen LogP contribution >= 0.6 is 11.3 Å². The van der Waals surface area contributed by atoms with Gasteiger partial charge in [-0.2, -0.15) is 0 Å². The second-order valence-electron chi connectivity index (χ2n) is 9.72. The van der Waals surface area contributed by atoms with E-state index < -0.39 is 0 Å². The molecule has 0 atom stereocenters. The van der Waals surface area contributed by atoms with Gasteiger partial charge in [0.1, 0.15) is 0 Å². The summed E-state index contributed by atoms with van der Waals surface area (Å²) in [6, 6.07) is 7.94. The highest BCUT2D eigenvalue weighted by molar-refractivity contribution is 7.10. The van der Waals surface area contributed by atoms with Crippen LogP contribution in [0.25, 0.3) is 0 Å². The number of ether oxygens (including phenoxy) is 3. The predicted octanol–water partition coefficient (Wildman–Crippen LogP) is 5.09. The van der Waals surface area contributed by atoms with Crippen LogP contribution in [-0.4, -0.2) is 69.2 Å². The number of carbonyl (C=O) groups is 2. The van der Waals surface area contributed by atoms with Gasteiger partial charge >= 0.3 is 0 Å². The molecule has 1 aromatic heterocycles. The molecule has 0 N–H and O–H groups in total. The minimum absolute atomic E-state index is 0.0187. The molecular weight excluding hydrogens is 488 g/mol. The number of aryl methyl sites for hydroxylation is 1. The van der Waals surface area contributed by atoms with E-state index in [4.69, 9.17) is 14.2 Å². The Balaban J connectivity index is 1.75. The lowest BCUT2D eigenvalue weighted by Gasteiger charge is -2.31. The number of nitrogens with zero attached hydrogens (tertiary/aromatic N) is 2. The second-order valence-corrected chi connectivity index (χ2v) is 10.7. The van der Waals surface area contributed by atoms with Crippen molar-refractivity contribution >= 4 is 23.2 Å². The van der Waals surface area contributed by atoms with Crippen LogP contribution in [0.5, 0.6) is 11.5 Å². The highest BCUT2D eigenvalue weighted by atomic mass is 32.1. The largest absolute Gasteiger partial charge is 0.493 e. The molecule has 1 saturated carbocycles. The van der Waals surface area contributed by atoms with Crippen LogP contribution < -0.4 is 9.47 Å². The monoisotopic (exact) mass is 530 g/mol. The van der Waals surface area contributed by atoms with Gasteiger partial charge in [0.25, 0.3) is 0 Å². The van der Waals surface area contributed by atoms with E-state index in [-0.39, 0.29) is 24.3 Å². The molecule has 0 saturated heterocycles. The van der Waals surface area contributed by atoms with E-state index in [1.165, 1.54) is 16.9 Å². The van der Waals surface area contributed by atoms with Gasteiger partial charge in [-0.25, -0.2) is 0 Å². The molecule has 1 fully saturated rings. The van der Waals surface area contributed by atoms with E-state index in [0.717, 1.165) is 37.7 Å². The molecule has 1 aliphatic carbocycles. The van der Waals surface area contributed by atoms with E-state index in [0.29, 0.717) is 44.2 Å². The Labute approximate surface area is 225 Å². The van der Waals surface area contributed by atoms with Crippen molar-refractivity contribution in [3.63, 3.8) is 0 Å². The molecule has 3 rings (SSSR count). The third kappa shape index (κ3) is 8.47. The zero-order valence-corrected chi connectivity index (χ0v) is 23.6. The molecule has 2 aromatic rings. The first kappa shape index (κ1) is 29.0. The molecule has 2 amide bonds. The first-order chi connectivity index (χ1) is 18.0. The zero-order valence-electron chi connectivity index (χ0n) is 22.8. The number of thiophene rings is 1. The van der Waals surface area contributed by atoms with Gasteiger partial charge in [0.2, 0.25) is 11.8 Å². The zero-order chi connectivity index (χ0) is 26.6. The van der Waals surface area contributed by atoms with Crippen molar-refractivity contribution in [2.45, 2.75) is 58.4 Å². The number of benzene rings is 1. The summed E-state index contributed by atoms with van der Waals surface area (Å²) >= 11 is 1.67. The summed E-state index contributed by atoms with van der Waals surface area (Å²) in [7, 11) is 4.91. The molecule has 204 valence electrons. The standard InChI is InChI=1S/C29H42N2O5S/c1-22-14-18-37-27(22)20-30(16-13-23-11-12-25(35-3)26(19-23)36-4)28(32)21-31(15-8-17-34-2)29(33)24-9-6-5-7-10-24/h11-12,14,18-19,24H,5-10,13,15-17,20-21H2,1-4H3. The van der Waals surface area contributed by atoms with Crippen LogP contribution in [0.1, 0.15) is 54.5 Å². The SMILES string of the molecule is COCCCN(CC(=O)N(CCc1ccc(OC)c(OC)c1)Cc1sccc1C)C(=O)C1CCCCC1. The smallest absolute Gasteiger partial charge is 0.242 e. The van der Waals surface area contributed by atoms with Gasteiger partial charge in [0, 0.05) is 37.6 Å². The minimum atomic E-state index is -0.0187. The number of hydrogen-bond donors (Lipinski definition) is 0. The summed E-state index contributed by atoms with van der Waals surface area (Å²) in [5.41, 5.74) is 2.25. The number of carbonyl (C=O) groups excluding carboxylic acids is 2. The highest BCUT2D eigenvalue weighted by Crippen LogP contribution is 2.28. The average Bonchev–Trinajstić information content (AvgIpc) is 3.34.